The summed E-state index contributed by atoms with van der Waals surface area (Å²) in [5.41, 5.74) is -1.78. The fourth-order valence-electron chi connectivity index (χ4n) is 1.61. The number of H-pyrrole nitrogens is 1. The van der Waals surface area contributed by atoms with Crippen molar-refractivity contribution in [3.8, 4) is 0 Å². The summed E-state index contributed by atoms with van der Waals surface area (Å²) in [4.78, 5) is 28.5. The lowest BCUT2D eigenvalue weighted by Crippen LogP contribution is -2.18. The second-order valence-corrected chi connectivity index (χ2v) is 5.14. The quantitative estimate of drug-likeness (QED) is 0.668. The van der Waals surface area contributed by atoms with Crippen LogP contribution in [0.2, 0.25) is 0 Å². The number of aromatic amines is 1. The Morgan fingerprint density at radius 1 is 1.27 bits per heavy atom. The Morgan fingerprint density at radius 2 is 2.00 bits per heavy atom. The first-order chi connectivity index (χ1) is 10.4. The number of amides is 1. The Kier molecular flexibility index (Phi) is 4.86. The van der Waals surface area contributed by atoms with E-state index in [4.69, 9.17) is 0 Å². The Labute approximate surface area is 127 Å². The third kappa shape index (κ3) is 4.35. The molecule has 0 spiro atoms. The van der Waals surface area contributed by atoms with Gasteiger partial charge in [0.15, 0.2) is 0 Å². The maximum absolute atomic E-state index is 12.8. The number of halogens is 3. The second-order valence-electron chi connectivity index (χ2n) is 4.12. The van der Waals surface area contributed by atoms with E-state index in [0.29, 0.717) is 5.03 Å². The zero-order valence-corrected chi connectivity index (χ0v) is 11.8. The van der Waals surface area contributed by atoms with E-state index < -0.39 is 23.3 Å². The van der Waals surface area contributed by atoms with Crippen LogP contribution in [0.15, 0.2) is 46.3 Å². The van der Waals surface area contributed by atoms with E-state index in [2.05, 4.69) is 15.3 Å². The maximum atomic E-state index is 12.8. The first-order valence-electron chi connectivity index (χ1n) is 6.00. The van der Waals surface area contributed by atoms with E-state index in [0.717, 1.165) is 17.8 Å². The van der Waals surface area contributed by atoms with Crippen LogP contribution in [-0.4, -0.2) is 21.6 Å². The topological polar surface area (TPSA) is 74.8 Å². The maximum Gasteiger partial charge on any atom is 0.418 e. The summed E-state index contributed by atoms with van der Waals surface area (Å²) in [7, 11) is 0. The van der Waals surface area contributed by atoms with Crippen molar-refractivity contribution in [2.75, 3.05) is 11.1 Å². The number of benzene rings is 1. The van der Waals surface area contributed by atoms with Gasteiger partial charge in [-0.15, -0.1) is 0 Å². The standard InChI is InChI=1S/C13H10F3N3O2S/c14-13(15,16)8-3-1-2-4-9(8)18-10(20)7-22-11-5-6-17-12(21)19-11/h1-6H,7H2,(H,18,20)(H,17,19,21). The van der Waals surface area contributed by atoms with Crippen LogP contribution in [-0.2, 0) is 11.0 Å². The smallest absolute Gasteiger partial charge is 0.325 e. The zero-order chi connectivity index (χ0) is 16.2. The minimum Gasteiger partial charge on any atom is -0.325 e. The molecular formula is C13H10F3N3O2S. The van der Waals surface area contributed by atoms with Gasteiger partial charge in [0.25, 0.3) is 0 Å². The van der Waals surface area contributed by atoms with Gasteiger partial charge in [0.2, 0.25) is 5.91 Å². The molecule has 0 radical (unpaired) electrons. The molecule has 0 aliphatic heterocycles. The third-order valence-corrected chi connectivity index (χ3v) is 3.47. The van der Waals surface area contributed by atoms with Crippen molar-refractivity contribution in [2.45, 2.75) is 11.2 Å². The predicted octanol–water partition coefficient (Wildman–Crippen LogP) is 2.52. The van der Waals surface area contributed by atoms with Crippen molar-refractivity contribution < 1.29 is 18.0 Å². The van der Waals surface area contributed by atoms with Gasteiger partial charge >= 0.3 is 11.9 Å². The van der Waals surface area contributed by atoms with E-state index in [-0.39, 0.29) is 11.4 Å². The van der Waals surface area contributed by atoms with Crippen molar-refractivity contribution >= 4 is 23.4 Å². The van der Waals surface area contributed by atoms with E-state index in [1.807, 2.05) is 0 Å². The van der Waals surface area contributed by atoms with Crippen LogP contribution < -0.4 is 11.0 Å². The number of thioether (sulfide) groups is 1. The van der Waals surface area contributed by atoms with Crippen LogP contribution in [0.3, 0.4) is 0 Å². The highest BCUT2D eigenvalue weighted by Crippen LogP contribution is 2.34. The van der Waals surface area contributed by atoms with Gasteiger partial charge in [0, 0.05) is 6.20 Å². The van der Waals surface area contributed by atoms with E-state index in [1.54, 1.807) is 0 Å². The zero-order valence-electron chi connectivity index (χ0n) is 11.0. The summed E-state index contributed by atoms with van der Waals surface area (Å²) in [5, 5.41) is 2.62. The molecule has 2 rings (SSSR count). The first kappa shape index (κ1) is 16.1. The van der Waals surface area contributed by atoms with E-state index in [9.17, 15) is 22.8 Å². The van der Waals surface area contributed by atoms with Crippen molar-refractivity contribution in [3.63, 3.8) is 0 Å². The van der Waals surface area contributed by atoms with E-state index >= 15 is 0 Å². The number of rotatable bonds is 4. The van der Waals surface area contributed by atoms with Gasteiger partial charge in [-0.3, -0.25) is 4.79 Å². The Hall–Kier alpha value is -2.29. The molecule has 1 amide bonds. The number of carbonyl (C=O) groups is 1. The lowest BCUT2D eigenvalue weighted by molar-refractivity contribution is -0.137. The molecule has 0 aliphatic carbocycles. The number of nitrogens with one attached hydrogen (secondary N) is 2. The summed E-state index contributed by atoms with van der Waals surface area (Å²) in [6.45, 7) is 0. The fourth-order valence-corrected chi connectivity index (χ4v) is 2.28. The molecule has 0 saturated carbocycles. The molecule has 9 heteroatoms. The summed E-state index contributed by atoms with van der Waals surface area (Å²) >= 11 is 0.986. The highest BCUT2D eigenvalue weighted by molar-refractivity contribution is 7.99. The van der Waals surface area contributed by atoms with Gasteiger partial charge in [-0.2, -0.15) is 13.2 Å². The van der Waals surface area contributed by atoms with Crippen LogP contribution in [0.4, 0.5) is 18.9 Å². The van der Waals surface area contributed by atoms with Crippen molar-refractivity contribution in [1.82, 2.24) is 9.97 Å². The Morgan fingerprint density at radius 3 is 2.68 bits per heavy atom. The molecule has 0 bridgehead atoms. The fraction of sp³-hybridized carbons (Fsp3) is 0.154. The minimum atomic E-state index is -4.55. The average Bonchev–Trinajstić information content (AvgIpc) is 2.45. The first-order valence-corrected chi connectivity index (χ1v) is 6.99. The van der Waals surface area contributed by atoms with Crippen LogP contribution in [0.1, 0.15) is 5.56 Å². The number of hydrogen-bond acceptors (Lipinski definition) is 4. The van der Waals surface area contributed by atoms with Crippen LogP contribution in [0.5, 0.6) is 0 Å². The van der Waals surface area contributed by atoms with Gasteiger partial charge in [-0.05, 0) is 18.2 Å². The number of anilines is 1. The summed E-state index contributed by atoms with van der Waals surface area (Å²) in [6.07, 6.45) is -3.27. The molecule has 1 aromatic heterocycles. The monoisotopic (exact) mass is 329 g/mol. The highest BCUT2D eigenvalue weighted by atomic mass is 32.2. The van der Waals surface area contributed by atoms with Crippen LogP contribution in [0.25, 0.3) is 0 Å². The van der Waals surface area contributed by atoms with Gasteiger partial charge < -0.3 is 10.3 Å². The van der Waals surface area contributed by atoms with Crippen molar-refractivity contribution in [3.05, 3.63) is 52.6 Å². The van der Waals surface area contributed by atoms with Gasteiger partial charge in [0.05, 0.1) is 22.0 Å². The predicted molar refractivity (Wildman–Crippen MR) is 75.7 cm³/mol. The normalized spacial score (nSPS) is 11.2. The number of nitrogens with zero attached hydrogens (tertiary/aromatic N) is 1. The molecule has 2 aromatic rings. The molecule has 0 aliphatic rings. The number of aromatic nitrogens is 2. The Bertz CT molecular complexity index is 731. The number of hydrogen-bond donors (Lipinski definition) is 2. The molecule has 116 valence electrons. The van der Waals surface area contributed by atoms with Gasteiger partial charge in [-0.25, -0.2) is 9.78 Å². The van der Waals surface area contributed by atoms with Gasteiger partial charge in [0.1, 0.15) is 0 Å². The summed E-state index contributed by atoms with van der Waals surface area (Å²) < 4.78 is 38.4. The molecule has 0 saturated heterocycles. The molecule has 0 unspecified atom stereocenters. The van der Waals surface area contributed by atoms with Crippen LogP contribution in [0, 0.1) is 0 Å². The van der Waals surface area contributed by atoms with Crippen molar-refractivity contribution in [2.24, 2.45) is 0 Å². The minimum absolute atomic E-state index is 0.147. The molecular weight excluding hydrogens is 319 g/mol. The Balaban J connectivity index is 2.02. The lowest BCUT2D eigenvalue weighted by atomic mass is 10.1. The number of para-hydroxylation sites is 1. The SMILES string of the molecule is O=C(CSc1ccnc(=O)[nH]1)Nc1ccccc1C(F)(F)F. The summed E-state index contributed by atoms with van der Waals surface area (Å²) in [6, 6.07) is 6.21. The van der Waals surface area contributed by atoms with Crippen LogP contribution >= 0.6 is 11.8 Å². The molecule has 2 N–H and O–H groups in total. The molecule has 5 nitrogen and oxygen atoms in total. The largest absolute Gasteiger partial charge is 0.418 e. The molecule has 1 heterocycles. The third-order valence-electron chi connectivity index (χ3n) is 2.51. The number of alkyl halides is 3. The average molecular weight is 329 g/mol. The molecule has 1 aromatic carbocycles. The van der Waals surface area contributed by atoms with Gasteiger partial charge in [-0.1, -0.05) is 23.9 Å². The lowest BCUT2D eigenvalue weighted by Gasteiger charge is -2.13. The molecule has 0 atom stereocenters. The molecule has 22 heavy (non-hydrogen) atoms. The number of carbonyl (C=O) groups excluding carboxylic acids is 1. The highest BCUT2D eigenvalue weighted by Gasteiger charge is 2.33. The molecule has 0 fully saturated rings. The summed E-state index contributed by atoms with van der Waals surface area (Å²) in [5.74, 6) is -0.758. The van der Waals surface area contributed by atoms with E-state index in [1.165, 1.54) is 30.5 Å². The second kappa shape index (κ2) is 6.65. The van der Waals surface area contributed by atoms with Crippen molar-refractivity contribution in [1.29, 1.82) is 0 Å².